The van der Waals surface area contributed by atoms with E-state index in [1.165, 1.54) is 12.5 Å². The van der Waals surface area contributed by atoms with Gasteiger partial charge in [0.15, 0.2) is 5.65 Å². The monoisotopic (exact) mass is 345 g/mol. The lowest BCUT2D eigenvalue weighted by atomic mass is 10.2. The number of hydrogen-bond acceptors (Lipinski definition) is 4. The molecule has 1 amide bonds. The van der Waals surface area contributed by atoms with Gasteiger partial charge in [-0.1, -0.05) is 35.9 Å². The average molecular weight is 345 g/mol. The molecule has 1 N–H and O–H groups in total. The standard InChI is InChI=1S/C19H15N5O2/c1-13-7-9-15(10-8-13)24-17-16(11-21-24)19(26)23(12-20-17)22-18(25)14-5-3-2-4-6-14/h2-12H,1H3,(H,22,25). The van der Waals surface area contributed by atoms with E-state index in [1.54, 1.807) is 28.9 Å². The summed E-state index contributed by atoms with van der Waals surface area (Å²) in [6.07, 6.45) is 2.74. The molecule has 0 radical (unpaired) electrons. The van der Waals surface area contributed by atoms with Crippen molar-refractivity contribution < 1.29 is 4.79 Å². The normalized spacial score (nSPS) is 10.8. The Kier molecular flexibility index (Phi) is 3.81. The van der Waals surface area contributed by atoms with E-state index in [2.05, 4.69) is 15.5 Å². The van der Waals surface area contributed by atoms with E-state index >= 15 is 0 Å². The first kappa shape index (κ1) is 15.8. The van der Waals surface area contributed by atoms with Gasteiger partial charge in [0.1, 0.15) is 11.7 Å². The smallest absolute Gasteiger partial charge is 0.267 e. The van der Waals surface area contributed by atoms with Crippen molar-refractivity contribution in [2.45, 2.75) is 6.92 Å². The molecule has 0 unspecified atom stereocenters. The third-order valence-electron chi connectivity index (χ3n) is 4.03. The fraction of sp³-hybridized carbons (Fsp3) is 0.0526. The van der Waals surface area contributed by atoms with Crippen LogP contribution in [-0.4, -0.2) is 25.3 Å². The average Bonchev–Trinajstić information content (AvgIpc) is 3.10. The van der Waals surface area contributed by atoms with Gasteiger partial charge in [-0.25, -0.2) is 14.3 Å². The van der Waals surface area contributed by atoms with Crippen molar-refractivity contribution in [2.75, 3.05) is 5.43 Å². The predicted octanol–water partition coefficient (Wildman–Crippen LogP) is 2.27. The van der Waals surface area contributed by atoms with Gasteiger partial charge in [0, 0.05) is 5.56 Å². The Bertz CT molecular complexity index is 1140. The Morgan fingerprint density at radius 1 is 1.04 bits per heavy atom. The van der Waals surface area contributed by atoms with Crippen molar-refractivity contribution in [1.82, 2.24) is 19.4 Å². The SMILES string of the molecule is Cc1ccc(-n2ncc3c(=O)n(NC(=O)c4ccccc4)cnc32)cc1. The van der Waals surface area contributed by atoms with Crippen molar-refractivity contribution in [2.24, 2.45) is 0 Å². The lowest BCUT2D eigenvalue weighted by Crippen LogP contribution is -2.33. The summed E-state index contributed by atoms with van der Waals surface area (Å²) in [5, 5.41) is 4.58. The molecule has 0 aliphatic carbocycles. The number of amides is 1. The summed E-state index contributed by atoms with van der Waals surface area (Å²) >= 11 is 0. The van der Waals surface area contributed by atoms with Gasteiger partial charge in [-0.15, -0.1) is 0 Å². The van der Waals surface area contributed by atoms with Gasteiger partial charge >= 0.3 is 0 Å². The van der Waals surface area contributed by atoms with Crippen molar-refractivity contribution in [1.29, 1.82) is 0 Å². The Morgan fingerprint density at radius 3 is 2.50 bits per heavy atom. The largest absolute Gasteiger partial charge is 0.283 e. The van der Waals surface area contributed by atoms with Gasteiger partial charge in [0.05, 0.1) is 11.9 Å². The summed E-state index contributed by atoms with van der Waals surface area (Å²) in [5.74, 6) is -0.389. The third kappa shape index (κ3) is 2.75. The number of aromatic nitrogens is 4. The molecular weight excluding hydrogens is 330 g/mol. The Hall–Kier alpha value is -3.74. The van der Waals surface area contributed by atoms with Crippen LogP contribution in [0.5, 0.6) is 0 Å². The molecule has 2 aromatic heterocycles. The van der Waals surface area contributed by atoms with Crippen LogP contribution in [0.15, 0.2) is 71.9 Å². The highest BCUT2D eigenvalue weighted by Gasteiger charge is 2.13. The maximum Gasteiger partial charge on any atom is 0.283 e. The molecule has 0 aliphatic heterocycles. The van der Waals surface area contributed by atoms with Crippen LogP contribution in [0.1, 0.15) is 15.9 Å². The number of fused-ring (bicyclic) bond motifs is 1. The van der Waals surface area contributed by atoms with Crippen LogP contribution in [0.3, 0.4) is 0 Å². The topological polar surface area (TPSA) is 81.8 Å². The second kappa shape index (κ2) is 6.29. The zero-order valence-electron chi connectivity index (χ0n) is 14.0. The number of hydrogen-bond donors (Lipinski definition) is 1. The van der Waals surface area contributed by atoms with E-state index < -0.39 is 5.56 Å². The maximum absolute atomic E-state index is 12.6. The van der Waals surface area contributed by atoms with Crippen molar-refractivity contribution in [3.8, 4) is 5.69 Å². The molecule has 0 saturated heterocycles. The second-order valence-corrected chi connectivity index (χ2v) is 5.86. The number of carbonyl (C=O) groups is 1. The molecule has 128 valence electrons. The number of nitrogens with one attached hydrogen (secondary N) is 1. The van der Waals surface area contributed by atoms with Gasteiger partial charge in [0.25, 0.3) is 11.5 Å². The summed E-state index contributed by atoms with van der Waals surface area (Å²) in [4.78, 5) is 29.2. The van der Waals surface area contributed by atoms with Gasteiger partial charge in [0.2, 0.25) is 0 Å². The maximum atomic E-state index is 12.6. The lowest BCUT2D eigenvalue weighted by molar-refractivity contribution is 0.101. The van der Waals surface area contributed by atoms with E-state index in [1.807, 2.05) is 37.3 Å². The molecule has 0 fully saturated rings. The molecule has 0 atom stereocenters. The fourth-order valence-corrected chi connectivity index (χ4v) is 2.63. The molecule has 2 aromatic carbocycles. The molecule has 0 bridgehead atoms. The van der Waals surface area contributed by atoms with Gasteiger partial charge in [-0.2, -0.15) is 5.10 Å². The van der Waals surface area contributed by atoms with E-state index in [-0.39, 0.29) is 5.91 Å². The van der Waals surface area contributed by atoms with Crippen LogP contribution in [0.25, 0.3) is 16.7 Å². The van der Waals surface area contributed by atoms with Crippen LogP contribution >= 0.6 is 0 Å². The molecule has 4 rings (SSSR count). The van der Waals surface area contributed by atoms with Crippen LogP contribution in [-0.2, 0) is 0 Å². The summed E-state index contributed by atoms with van der Waals surface area (Å²) in [5.41, 5.74) is 4.98. The van der Waals surface area contributed by atoms with Crippen LogP contribution in [0.4, 0.5) is 0 Å². The minimum absolute atomic E-state index is 0.321. The molecule has 26 heavy (non-hydrogen) atoms. The zero-order valence-corrected chi connectivity index (χ0v) is 14.0. The lowest BCUT2D eigenvalue weighted by Gasteiger charge is -2.08. The van der Waals surface area contributed by atoms with Crippen molar-refractivity contribution in [3.05, 3.63) is 88.6 Å². The predicted molar refractivity (Wildman–Crippen MR) is 98.0 cm³/mol. The number of nitrogens with zero attached hydrogens (tertiary/aromatic N) is 4. The summed E-state index contributed by atoms with van der Waals surface area (Å²) < 4.78 is 2.67. The second-order valence-electron chi connectivity index (χ2n) is 5.86. The van der Waals surface area contributed by atoms with Crippen LogP contribution < -0.4 is 11.0 Å². The quantitative estimate of drug-likeness (QED) is 0.617. The highest BCUT2D eigenvalue weighted by atomic mass is 16.2. The minimum atomic E-state index is -0.391. The molecule has 0 spiro atoms. The summed E-state index contributed by atoms with van der Waals surface area (Å²) in [7, 11) is 0. The number of benzene rings is 2. The highest BCUT2D eigenvalue weighted by Crippen LogP contribution is 2.14. The molecule has 2 heterocycles. The minimum Gasteiger partial charge on any atom is -0.267 e. The number of aryl methyl sites for hydroxylation is 1. The Morgan fingerprint density at radius 2 is 1.77 bits per heavy atom. The van der Waals surface area contributed by atoms with Crippen LogP contribution in [0, 0.1) is 6.92 Å². The van der Waals surface area contributed by atoms with Crippen molar-refractivity contribution in [3.63, 3.8) is 0 Å². The molecule has 7 nitrogen and oxygen atoms in total. The molecular formula is C19H15N5O2. The highest BCUT2D eigenvalue weighted by molar-refractivity contribution is 5.99. The fourth-order valence-electron chi connectivity index (χ4n) is 2.63. The van der Waals surface area contributed by atoms with Gasteiger partial charge in [-0.05, 0) is 31.2 Å². The van der Waals surface area contributed by atoms with E-state index in [0.29, 0.717) is 16.6 Å². The Balaban J connectivity index is 1.71. The zero-order chi connectivity index (χ0) is 18.1. The van der Waals surface area contributed by atoms with Crippen LogP contribution in [0.2, 0.25) is 0 Å². The number of carbonyl (C=O) groups excluding carboxylic acids is 1. The first-order valence-electron chi connectivity index (χ1n) is 8.02. The summed E-state index contributed by atoms with van der Waals surface area (Å²) in [6.45, 7) is 2.00. The molecule has 4 aromatic rings. The molecule has 0 aliphatic rings. The van der Waals surface area contributed by atoms with E-state index in [9.17, 15) is 9.59 Å². The first-order chi connectivity index (χ1) is 12.6. The Labute approximate surface area is 148 Å². The van der Waals surface area contributed by atoms with Gasteiger partial charge in [-0.3, -0.25) is 15.0 Å². The van der Waals surface area contributed by atoms with E-state index in [0.717, 1.165) is 15.9 Å². The summed E-state index contributed by atoms with van der Waals surface area (Å²) in [6, 6.07) is 16.4. The van der Waals surface area contributed by atoms with Crippen molar-refractivity contribution >= 4 is 16.9 Å². The molecule has 7 heteroatoms. The van der Waals surface area contributed by atoms with E-state index in [4.69, 9.17) is 0 Å². The number of rotatable bonds is 3. The third-order valence-corrected chi connectivity index (χ3v) is 4.03. The molecule has 0 saturated carbocycles. The van der Waals surface area contributed by atoms with Gasteiger partial charge < -0.3 is 0 Å². The first-order valence-corrected chi connectivity index (χ1v) is 8.02.